The lowest BCUT2D eigenvalue weighted by molar-refractivity contribution is 0.0963. The normalized spacial score (nSPS) is 26.9. The molecule has 3 N–H and O–H groups in total. The van der Waals surface area contributed by atoms with E-state index >= 15 is 0 Å². The number of hydrogen-bond donors (Lipinski definition) is 2. The van der Waals surface area contributed by atoms with Gasteiger partial charge in [-0.1, -0.05) is 26.2 Å². The van der Waals surface area contributed by atoms with Crippen molar-refractivity contribution in [1.29, 1.82) is 0 Å². The fourth-order valence-corrected chi connectivity index (χ4v) is 3.56. The van der Waals surface area contributed by atoms with E-state index in [1.807, 2.05) is 6.92 Å². The number of carbonyl (C=O) groups excluding carboxylic acids is 1. The number of nitrogens with two attached hydrogens (primary N) is 1. The van der Waals surface area contributed by atoms with Crippen LogP contribution >= 0.6 is 0 Å². The Morgan fingerprint density at radius 3 is 2.61 bits per heavy atom. The average Bonchev–Trinajstić information content (AvgIpc) is 2.55. The average molecular weight is 324 g/mol. The molecule has 2 fully saturated rings. The number of nitrogens with one attached hydrogen (secondary N) is 1. The van der Waals surface area contributed by atoms with Crippen LogP contribution in [-0.2, 0) is 4.74 Å². The molecule has 1 saturated carbocycles. The van der Waals surface area contributed by atoms with Gasteiger partial charge in [-0.05, 0) is 38.0 Å². The minimum Gasteiger partial charge on any atom is -0.450 e. The van der Waals surface area contributed by atoms with Gasteiger partial charge in [-0.3, -0.25) is 4.99 Å². The van der Waals surface area contributed by atoms with Crippen molar-refractivity contribution in [3.05, 3.63) is 0 Å². The van der Waals surface area contributed by atoms with E-state index in [4.69, 9.17) is 10.5 Å². The van der Waals surface area contributed by atoms with Crippen LogP contribution < -0.4 is 11.1 Å². The fourth-order valence-electron chi connectivity index (χ4n) is 3.56. The highest BCUT2D eigenvalue weighted by atomic mass is 16.6. The van der Waals surface area contributed by atoms with Gasteiger partial charge in [0, 0.05) is 25.7 Å². The lowest BCUT2D eigenvalue weighted by Crippen LogP contribution is -2.48. The molecule has 1 heterocycles. The van der Waals surface area contributed by atoms with Crippen LogP contribution in [0.5, 0.6) is 0 Å². The summed E-state index contributed by atoms with van der Waals surface area (Å²) in [5, 5.41) is 3.31. The van der Waals surface area contributed by atoms with E-state index in [2.05, 4.69) is 17.2 Å². The lowest BCUT2D eigenvalue weighted by atomic mass is 9.80. The van der Waals surface area contributed by atoms with E-state index in [9.17, 15) is 4.79 Å². The number of carbonyl (C=O) groups is 1. The van der Waals surface area contributed by atoms with Gasteiger partial charge in [-0.15, -0.1) is 0 Å². The smallest absolute Gasteiger partial charge is 0.409 e. The number of likely N-dealkylation sites (tertiary alicyclic amines) is 1. The minimum atomic E-state index is -0.209. The maximum absolute atomic E-state index is 11.7. The standard InChI is InChI=1S/C17H32N4O2/c1-3-23-17(22)21-10-8-15(9-11-21)20-16(18)19-12-14-7-5-4-6-13(14)2/h13-15H,3-12H2,1-2H3,(H3,18,19,20). The summed E-state index contributed by atoms with van der Waals surface area (Å²) in [6, 6.07) is 0.299. The molecular weight excluding hydrogens is 292 g/mol. The molecule has 6 heteroatoms. The molecule has 2 atom stereocenters. The van der Waals surface area contributed by atoms with Crippen molar-refractivity contribution in [2.45, 2.75) is 58.4 Å². The highest BCUT2D eigenvalue weighted by molar-refractivity contribution is 5.78. The maximum Gasteiger partial charge on any atom is 0.409 e. The second-order valence-corrected chi connectivity index (χ2v) is 6.85. The van der Waals surface area contributed by atoms with Crippen molar-refractivity contribution in [1.82, 2.24) is 10.2 Å². The van der Waals surface area contributed by atoms with Crippen molar-refractivity contribution in [3.8, 4) is 0 Å². The molecule has 1 saturated heterocycles. The maximum atomic E-state index is 11.7. The van der Waals surface area contributed by atoms with Gasteiger partial charge in [0.1, 0.15) is 0 Å². The fraction of sp³-hybridized carbons (Fsp3) is 0.882. The summed E-state index contributed by atoms with van der Waals surface area (Å²) in [5.74, 6) is 1.99. The number of nitrogens with zero attached hydrogens (tertiary/aromatic N) is 2. The number of guanidine groups is 1. The largest absolute Gasteiger partial charge is 0.450 e. The molecule has 0 aromatic carbocycles. The molecule has 2 rings (SSSR count). The number of piperidine rings is 1. The molecule has 0 radical (unpaired) electrons. The third-order valence-electron chi connectivity index (χ3n) is 5.16. The summed E-state index contributed by atoms with van der Waals surface area (Å²) in [4.78, 5) is 18.0. The van der Waals surface area contributed by atoms with E-state index < -0.39 is 0 Å². The molecule has 132 valence electrons. The first-order valence-electron chi connectivity index (χ1n) is 9.08. The first kappa shape index (κ1) is 17.9. The van der Waals surface area contributed by atoms with Crippen LogP contribution in [-0.4, -0.2) is 49.2 Å². The van der Waals surface area contributed by atoms with Crippen molar-refractivity contribution < 1.29 is 9.53 Å². The van der Waals surface area contributed by atoms with Crippen LogP contribution in [0, 0.1) is 11.8 Å². The van der Waals surface area contributed by atoms with Gasteiger partial charge in [0.15, 0.2) is 5.96 Å². The Morgan fingerprint density at radius 2 is 1.96 bits per heavy atom. The molecule has 2 unspecified atom stereocenters. The number of amides is 1. The Kier molecular flexibility index (Phi) is 6.99. The molecule has 0 bridgehead atoms. The molecule has 0 aromatic heterocycles. The van der Waals surface area contributed by atoms with Gasteiger partial charge in [0.2, 0.25) is 0 Å². The first-order valence-corrected chi connectivity index (χ1v) is 9.08. The summed E-state index contributed by atoms with van der Waals surface area (Å²) in [5.41, 5.74) is 6.04. The Morgan fingerprint density at radius 1 is 1.26 bits per heavy atom. The molecule has 2 aliphatic rings. The van der Waals surface area contributed by atoms with Crippen LogP contribution in [0.4, 0.5) is 4.79 Å². The highest BCUT2D eigenvalue weighted by Crippen LogP contribution is 2.29. The topological polar surface area (TPSA) is 80.0 Å². The van der Waals surface area contributed by atoms with Gasteiger partial charge in [0.25, 0.3) is 0 Å². The Balaban J connectivity index is 1.70. The molecule has 0 aromatic rings. The van der Waals surface area contributed by atoms with E-state index in [1.165, 1.54) is 25.7 Å². The van der Waals surface area contributed by atoms with Crippen molar-refractivity contribution >= 4 is 12.1 Å². The van der Waals surface area contributed by atoms with Gasteiger partial charge in [-0.25, -0.2) is 4.79 Å². The zero-order valence-corrected chi connectivity index (χ0v) is 14.6. The number of rotatable bonds is 4. The number of hydrogen-bond acceptors (Lipinski definition) is 3. The molecular formula is C17H32N4O2. The molecule has 6 nitrogen and oxygen atoms in total. The van der Waals surface area contributed by atoms with Crippen molar-refractivity contribution in [2.24, 2.45) is 22.6 Å². The predicted octanol–water partition coefficient (Wildman–Crippen LogP) is 2.34. The second kappa shape index (κ2) is 8.99. The van der Waals surface area contributed by atoms with E-state index in [-0.39, 0.29) is 6.09 Å². The number of aliphatic imine (C=N–C) groups is 1. The summed E-state index contributed by atoms with van der Waals surface area (Å²) in [7, 11) is 0. The Hall–Kier alpha value is -1.46. The molecule has 1 amide bonds. The lowest BCUT2D eigenvalue weighted by Gasteiger charge is -2.32. The third kappa shape index (κ3) is 5.59. The minimum absolute atomic E-state index is 0.209. The highest BCUT2D eigenvalue weighted by Gasteiger charge is 2.24. The Labute approximate surface area is 139 Å². The zero-order chi connectivity index (χ0) is 16.7. The van der Waals surface area contributed by atoms with Crippen LogP contribution in [0.3, 0.4) is 0 Å². The molecule has 1 aliphatic carbocycles. The van der Waals surface area contributed by atoms with Crippen molar-refractivity contribution in [3.63, 3.8) is 0 Å². The van der Waals surface area contributed by atoms with Gasteiger partial charge in [0.05, 0.1) is 6.61 Å². The van der Waals surface area contributed by atoms with Crippen LogP contribution in [0.15, 0.2) is 4.99 Å². The van der Waals surface area contributed by atoms with Crippen LogP contribution in [0.1, 0.15) is 52.4 Å². The SMILES string of the molecule is CCOC(=O)N1CCC(NC(N)=NCC2CCCCC2C)CC1. The summed E-state index contributed by atoms with van der Waals surface area (Å²) >= 11 is 0. The molecule has 0 spiro atoms. The first-order chi connectivity index (χ1) is 11.1. The predicted molar refractivity (Wildman–Crippen MR) is 92.4 cm³/mol. The van der Waals surface area contributed by atoms with Crippen molar-refractivity contribution in [2.75, 3.05) is 26.2 Å². The second-order valence-electron chi connectivity index (χ2n) is 6.85. The quantitative estimate of drug-likeness (QED) is 0.614. The third-order valence-corrected chi connectivity index (χ3v) is 5.16. The summed E-state index contributed by atoms with van der Waals surface area (Å²) in [6.07, 6.45) is 6.83. The van der Waals surface area contributed by atoms with Crippen LogP contribution in [0.25, 0.3) is 0 Å². The monoisotopic (exact) mass is 324 g/mol. The number of ether oxygens (including phenoxy) is 1. The van der Waals surface area contributed by atoms with E-state index in [0.29, 0.717) is 37.6 Å². The van der Waals surface area contributed by atoms with Gasteiger partial charge in [-0.2, -0.15) is 0 Å². The Bertz CT molecular complexity index is 405. The molecule has 1 aliphatic heterocycles. The van der Waals surface area contributed by atoms with Gasteiger partial charge >= 0.3 is 6.09 Å². The van der Waals surface area contributed by atoms with E-state index in [0.717, 1.165) is 25.3 Å². The summed E-state index contributed by atoms with van der Waals surface area (Å²) in [6.45, 7) is 6.84. The summed E-state index contributed by atoms with van der Waals surface area (Å²) < 4.78 is 5.03. The van der Waals surface area contributed by atoms with E-state index in [1.54, 1.807) is 4.90 Å². The zero-order valence-electron chi connectivity index (χ0n) is 14.6. The van der Waals surface area contributed by atoms with Crippen LogP contribution in [0.2, 0.25) is 0 Å². The molecule has 23 heavy (non-hydrogen) atoms. The van der Waals surface area contributed by atoms with Gasteiger partial charge < -0.3 is 20.7 Å².